The molecule has 0 fully saturated rings. The molecule has 0 aromatic heterocycles. The van der Waals surface area contributed by atoms with E-state index in [1.165, 1.54) is 12.8 Å². The molecule has 1 N–H and O–H groups in total. The van der Waals surface area contributed by atoms with Crippen molar-refractivity contribution < 1.29 is 5.11 Å². The van der Waals surface area contributed by atoms with Crippen LogP contribution >= 0.6 is 0 Å². The normalized spacial score (nSPS) is 6.46. The van der Waals surface area contributed by atoms with E-state index < -0.39 is 0 Å². The maximum Gasteiger partial charge on any atom is 0.0402 e. The predicted octanol–water partition coefficient (Wildman–Crippen LogP) is 4.74. The van der Waals surface area contributed by atoms with Crippen LogP contribution in [0.2, 0.25) is 0 Å². The van der Waals surface area contributed by atoms with Crippen molar-refractivity contribution in [2.24, 2.45) is 5.92 Å². The topological polar surface area (TPSA) is 20.2 Å². The largest absolute Gasteiger partial charge is 0.397 e. The fraction of sp³-hybridized carbons (Fsp3) is 1.00. The quantitative estimate of drug-likeness (QED) is 0.673. The van der Waals surface area contributed by atoms with Crippen molar-refractivity contribution in [3.8, 4) is 0 Å². The number of hydrogen-bond donors (Lipinski definition) is 1. The Labute approximate surface area is 87.6 Å². The first-order valence-electron chi connectivity index (χ1n) is 4.83. The Kier molecular flexibility index (Phi) is 91.0. The Hall–Kier alpha value is -0.0400. The maximum absolute atomic E-state index is 7.57. The number of aliphatic hydroxyl groups is 1. The van der Waals surface area contributed by atoms with Gasteiger partial charge in [0.25, 0.3) is 0 Å². The van der Waals surface area contributed by atoms with Crippen LogP contribution in [0.15, 0.2) is 0 Å². The molecule has 0 radical (unpaired) electrons. The summed E-state index contributed by atoms with van der Waals surface area (Å²) in [5.41, 5.74) is 0. The van der Waals surface area contributed by atoms with Gasteiger partial charge in [-0.25, -0.2) is 0 Å². The second-order valence-electron chi connectivity index (χ2n) is 2.24. The third-order valence-corrected chi connectivity index (χ3v) is 1.39. The summed E-state index contributed by atoms with van der Waals surface area (Å²) < 4.78 is 0. The van der Waals surface area contributed by atoms with E-state index in [1.54, 1.807) is 6.92 Å². The summed E-state index contributed by atoms with van der Waals surface area (Å²) in [7, 11) is 0. The molecule has 0 bridgehead atoms. The van der Waals surface area contributed by atoms with Crippen LogP contribution in [0.1, 0.15) is 69.2 Å². The third-order valence-electron chi connectivity index (χ3n) is 1.39. The maximum atomic E-state index is 7.57. The molecule has 0 aliphatic rings. The van der Waals surface area contributed by atoms with Crippen molar-refractivity contribution in [3.63, 3.8) is 0 Å². The lowest BCUT2D eigenvalue weighted by Crippen LogP contribution is -1.85. The summed E-state index contributed by atoms with van der Waals surface area (Å²) >= 11 is 0. The lowest BCUT2D eigenvalue weighted by molar-refractivity contribution is 0.318. The molecule has 13 heavy (non-hydrogen) atoms. The van der Waals surface area contributed by atoms with Crippen LogP contribution in [0, 0.1) is 5.92 Å². The average molecular weight is 194 g/mol. The molecule has 0 atom stereocenters. The first-order chi connectivity index (χ1) is 5.22. The monoisotopic (exact) mass is 194 g/mol. The van der Waals surface area contributed by atoms with Crippen molar-refractivity contribution in [2.75, 3.05) is 6.61 Å². The fourth-order valence-corrected chi connectivity index (χ4v) is 0.289. The Bertz CT molecular complexity index is 32.1. The molecular weight excluding hydrogens is 160 g/mol. The molecule has 0 aliphatic carbocycles. The minimum Gasteiger partial charge on any atom is -0.397 e. The minimum atomic E-state index is 0. The van der Waals surface area contributed by atoms with Crippen LogP contribution in [-0.2, 0) is 0 Å². The van der Waals surface area contributed by atoms with Crippen LogP contribution in [-0.4, -0.2) is 11.7 Å². The molecule has 0 unspecified atom stereocenters. The molecular formula is C12H34O. The number of aliphatic hydroxyl groups excluding tert-OH is 1. The van der Waals surface area contributed by atoms with E-state index >= 15 is 0 Å². The van der Waals surface area contributed by atoms with E-state index in [2.05, 4.69) is 20.8 Å². The molecule has 1 nitrogen and oxygen atoms in total. The number of rotatable bonds is 2. The molecule has 0 aromatic carbocycles. The second kappa shape index (κ2) is 40.4. The molecule has 0 rings (SSSR count). The highest BCUT2D eigenvalue weighted by Crippen LogP contribution is 2.02. The zero-order valence-corrected chi connectivity index (χ0v) is 9.15. The molecule has 0 aliphatic heterocycles. The third kappa shape index (κ3) is 75.7. The van der Waals surface area contributed by atoms with Crippen LogP contribution in [0.3, 0.4) is 0 Å². The first kappa shape index (κ1) is 29.3. The lowest BCUT2D eigenvalue weighted by atomic mass is 10.1. The SMILES string of the molecule is C.C.CC.CCC(C)CC.CCO. The van der Waals surface area contributed by atoms with Gasteiger partial charge in [-0.1, -0.05) is 62.3 Å². The minimum absolute atomic E-state index is 0. The van der Waals surface area contributed by atoms with Gasteiger partial charge in [-0.2, -0.15) is 0 Å². The van der Waals surface area contributed by atoms with E-state index in [4.69, 9.17) is 5.11 Å². The van der Waals surface area contributed by atoms with Crippen LogP contribution < -0.4 is 0 Å². The molecule has 0 amide bonds. The zero-order chi connectivity index (χ0) is 9.70. The van der Waals surface area contributed by atoms with Gasteiger partial charge in [0, 0.05) is 6.61 Å². The summed E-state index contributed by atoms with van der Waals surface area (Å²) in [4.78, 5) is 0. The number of hydrogen-bond acceptors (Lipinski definition) is 1. The lowest BCUT2D eigenvalue weighted by Gasteiger charge is -1.98. The Morgan fingerprint density at radius 3 is 1.08 bits per heavy atom. The van der Waals surface area contributed by atoms with Gasteiger partial charge in [-0.05, 0) is 12.8 Å². The molecule has 1 heteroatoms. The molecule has 0 saturated heterocycles. The zero-order valence-electron chi connectivity index (χ0n) is 9.15. The first-order valence-corrected chi connectivity index (χ1v) is 4.83. The van der Waals surface area contributed by atoms with E-state index in [0.29, 0.717) is 0 Å². The molecule has 0 spiro atoms. The Morgan fingerprint density at radius 1 is 0.923 bits per heavy atom. The highest BCUT2D eigenvalue weighted by atomic mass is 16.2. The van der Waals surface area contributed by atoms with E-state index in [0.717, 1.165) is 5.92 Å². The van der Waals surface area contributed by atoms with Crippen molar-refractivity contribution in [2.45, 2.75) is 69.2 Å². The average Bonchev–Trinajstić information content (AvgIpc) is 2.08. The fourth-order valence-electron chi connectivity index (χ4n) is 0.289. The molecule has 0 aromatic rings. The highest BCUT2D eigenvalue weighted by molar-refractivity contribution is 4.41. The van der Waals surface area contributed by atoms with Crippen LogP contribution in [0.5, 0.6) is 0 Å². The summed E-state index contributed by atoms with van der Waals surface area (Å²) in [6, 6.07) is 0. The Balaban J connectivity index is -0.0000000268. The summed E-state index contributed by atoms with van der Waals surface area (Å²) in [5, 5.41) is 7.57. The van der Waals surface area contributed by atoms with Crippen molar-refractivity contribution in [3.05, 3.63) is 0 Å². The van der Waals surface area contributed by atoms with Gasteiger partial charge in [0.15, 0.2) is 0 Å². The highest BCUT2D eigenvalue weighted by Gasteiger charge is 1.88. The summed E-state index contributed by atoms with van der Waals surface area (Å²) in [6.07, 6.45) is 2.66. The van der Waals surface area contributed by atoms with Crippen molar-refractivity contribution in [1.29, 1.82) is 0 Å². The van der Waals surface area contributed by atoms with Gasteiger partial charge in [0.2, 0.25) is 0 Å². The van der Waals surface area contributed by atoms with Crippen molar-refractivity contribution >= 4 is 0 Å². The van der Waals surface area contributed by atoms with Crippen molar-refractivity contribution in [1.82, 2.24) is 0 Å². The van der Waals surface area contributed by atoms with Gasteiger partial charge >= 0.3 is 0 Å². The van der Waals surface area contributed by atoms with Gasteiger partial charge in [-0.3, -0.25) is 0 Å². The predicted molar refractivity (Wildman–Crippen MR) is 67.3 cm³/mol. The summed E-state index contributed by atoms with van der Waals surface area (Å²) in [5.74, 6) is 0.935. The van der Waals surface area contributed by atoms with Gasteiger partial charge in [0.1, 0.15) is 0 Å². The molecule has 88 valence electrons. The smallest absolute Gasteiger partial charge is 0.0402 e. The van der Waals surface area contributed by atoms with E-state index in [-0.39, 0.29) is 21.5 Å². The standard InChI is InChI=1S/C6H14.C2H6O.C2H6.2CH4/c1-4-6(3)5-2;1-2-3;1-2;;/h6H,4-5H2,1-3H3;3H,2H2,1H3;1-2H3;2*1H4. The van der Waals surface area contributed by atoms with Gasteiger partial charge in [-0.15, -0.1) is 0 Å². The molecule has 0 heterocycles. The van der Waals surface area contributed by atoms with Gasteiger partial charge < -0.3 is 5.11 Å². The van der Waals surface area contributed by atoms with E-state index in [1.807, 2.05) is 13.8 Å². The van der Waals surface area contributed by atoms with Gasteiger partial charge in [0.05, 0.1) is 0 Å². The Morgan fingerprint density at radius 2 is 1.08 bits per heavy atom. The summed E-state index contributed by atoms with van der Waals surface area (Å²) in [6.45, 7) is 12.7. The van der Waals surface area contributed by atoms with Crippen LogP contribution in [0.25, 0.3) is 0 Å². The second-order valence-corrected chi connectivity index (χ2v) is 2.24. The van der Waals surface area contributed by atoms with Crippen LogP contribution in [0.4, 0.5) is 0 Å². The molecule has 0 saturated carbocycles. The van der Waals surface area contributed by atoms with E-state index in [9.17, 15) is 0 Å².